The summed E-state index contributed by atoms with van der Waals surface area (Å²) in [6.07, 6.45) is 4.88. The Kier molecular flexibility index (Phi) is 3.01. The van der Waals surface area contributed by atoms with Gasteiger partial charge in [0.15, 0.2) is 0 Å². The molecule has 98 valence electrons. The summed E-state index contributed by atoms with van der Waals surface area (Å²) in [5, 5.41) is 2.58. The van der Waals surface area contributed by atoms with Crippen molar-refractivity contribution in [3.05, 3.63) is 66.1 Å². The van der Waals surface area contributed by atoms with Crippen LogP contribution in [0.2, 0.25) is 0 Å². The normalized spacial score (nSPS) is 16.6. The molecule has 0 radical (unpaired) electrons. The van der Waals surface area contributed by atoms with Gasteiger partial charge in [-0.2, -0.15) is 0 Å². The number of carbonyl (C=O) groups is 2. The fraction of sp³-hybridized carbons (Fsp3) is 0. The molecule has 1 aliphatic heterocycles. The molecule has 0 spiro atoms. The molecular formula is C15H11N3O2. The van der Waals surface area contributed by atoms with Gasteiger partial charge in [0.25, 0.3) is 5.91 Å². The first-order valence-corrected chi connectivity index (χ1v) is 6.08. The van der Waals surface area contributed by atoms with E-state index in [1.807, 2.05) is 6.07 Å². The summed E-state index contributed by atoms with van der Waals surface area (Å²) < 4.78 is 0. The molecule has 0 aliphatic carbocycles. The van der Waals surface area contributed by atoms with Crippen LogP contribution in [0.3, 0.4) is 0 Å². The minimum absolute atomic E-state index is 0.255. The van der Waals surface area contributed by atoms with Crippen LogP contribution in [0, 0.1) is 0 Å². The number of pyridine rings is 1. The Labute approximate surface area is 115 Å². The smallest absolute Gasteiger partial charge is 0.302 e. The number of aromatic nitrogens is 1. The molecule has 1 aromatic carbocycles. The van der Waals surface area contributed by atoms with Crippen molar-refractivity contribution in [1.82, 2.24) is 10.3 Å². The molecule has 0 bridgehead atoms. The lowest BCUT2D eigenvalue weighted by molar-refractivity contribution is -0.113. The number of urea groups is 1. The number of benzene rings is 1. The lowest BCUT2D eigenvalue weighted by Gasteiger charge is -2.10. The highest BCUT2D eigenvalue weighted by Gasteiger charge is 2.34. The van der Waals surface area contributed by atoms with Crippen molar-refractivity contribution < 1.29 is 9.59 Å². The lowest BCUT2D eigenvalue weighted by atomic mass is 10.2. The maximum absolute atomic E-state index is 12.3. The standard InChI is InChI=1S/C15H11N3O2/c19-14-13(10-11-6-8-16-9-7-11)17-15(20)18(14)12-4-2-1-3-5-12/h1-10H,(H,17,20). The Morgan fingerprint density at radius 1 is 1.00 bits per heavy atom. The number of amides is 3. The van der Waals surface area contributed by atoms with E-state index < -0.39 is 6.03 Å². The predicted molar refractivity (Wildman–Crippen MR) is 74.7 cm³/mol. The first-order chi connectivity index (χ1) is 9.75. The van der Waals surface area contributed by atoms with E-state index in [2.05, 4.69) is 10.3 Å². The molecule has 2 aromatic rings. The van der Waals surface area contributed by atoms with Gasteiger partial charge >= 0.3 is 6.03 Å². The van der Waals surface area contributed by atoms with E-state index in [1.54, 1.807) is 54.9 Å². The highest BCUT2D eigenvalue weighted by atomic mass is 16.2. The summed E-state index contributed by atoms with van der Waals surface area (Å²) in [6.45, 7) is 0. The molecule has 1 N–H and O–H groups in total. The highest BCUT2D eigenvalue weighted by molar-refractivity contribution is 6.28. The Morgan fingerprint density at radius 2 is 1.70 bits per heavy atom. The molecule has 3 rings (SSSR count). The Morgan fingerprint density at radius 3 is 2.40 bits per heavy atom. The van der Waals surface area contributed by atoms with Crippen molar-refractivity contribution in [3.63, 3.8) is 0 Å². The molecule has 0 saturated carbocycles. The Bertz CT molecular complexity index is 681. The zero-order valence-electron chi connectivity index (χ0n) is 10.5. The van der Waals surface area contributed by atoms with Gasteiger partial charge in [0.1, 0.15) is 5.70 Å². The van der Waals surface area contributed by atoms with Crippen LogP contribution in [0.5, 0.6) is 0 Å². The third-order valence-electron chi connectivity index (χ3n) is 2.91. The van der Waals surface area contributed by atoms with E-state index in [-0.39, 0.29) is 11.6 Å². The number of hydrogen-bond donors (Lipinski definition) is 1. The van der Waals surface area contributed by atoms with Crippen LogP contribution in [0.4, 0.5) is 10.5 Å². The summed E-state index contributed by atoms with van der Waals surface area (Å²) >= 11 is 0. The van der Waals surface area contributed by atoms with Crippen LogP contribution >= 0.6 is 0 Å². The van der Waals surface area contributed by atoms with Crippen molar-refractivity contribution in [1.29, 1.82) is 0 Å². The zero-order chi connectivity index (χ0) is 13.9. The summed E-state index contributed by atoms with van der Waals surface area (Å²) in [7, 11) is 0. The summed E-state index contributed by atoms with van der Waals surface area (Å²) in [4.78, 5) is 29.2. The molecule has 0 unspecified atom stereocenters. The minimum atomic E-state index is -0.443. The first-order valence-electron chi connectivity index (χ1n) is 6.08. The Balaban J connectivity index is 1.93. The maximum Gasteiger partial charge on any atom is 0.333 e. The second-order valence-corrected chi connectivity index (χ2v) is 4.24. The van der Waals surface area contributed by atoms with Crippen LogP contribution in [0.25, 0.3) is 6.08 Å². The third kappa shape index (κ3) is 2.16. The lowest BCUT2D eigenvalue weighted by Crippen LogP contribution is -2.30. The van der Waals surface area contributed by atoms with Gasteiger partial charge < -0.3 is 5.32 Å². The fourth-order valence-corrected chi connectivity index (χ4v) is 1.97. The molecule has 1 aliphatic rings. The van der Waals surface area contributed by atoms with Gasteiger partial charge in [-0.25, -0.2) is 9.69 Å². The largest absolute Gasteiger partial charge is 0.333 e. The number of anilines is 1. The average Bonchev–Trinajstić information content (AvgIpc) is 2.75. The average molecular weight is 265 g/mol. The van der Waals surface area contributed by atoms with Crippen molar-refractivity contribution in [3.8, 4) is 0 Å². The number of para-hydroxylation sites is 1. The van der Waals surface area contributed by atoms with Crippen LogP contribution < -0.4 is 10.2 Å². The van der Waals surface area contributed by atoms with E-state index in [1.165, 1.54) is 0 Å². The first kappa shape index (κ1) is 12.1. The highest BCUT2D eigenvalue weighted by Crippen LogP contribution is 2.21. The van der Waals surface area contributed by atoms with Gasteiger partial charge in [0.2, 0.25) is 0 Å². The topological polar surface area (TPSA) is 62.3 Å². The second-order valence-electron chi connectivity index (χ2n) is 4.24. The molecule has 0 atom stereocenters. The number of nitrogens with one attached hydrogen (secondary N) is 1. The minimum Gasteiger partial charge on any atom is -0.302 e. The predicted octanol–water partition coefficient (Wildman–Crippen LogP) is 2.18. The quantitative estimate of drug-likeness (QED) is 0.668. The zero-order valence-corrected chi connectivity index (χ0v) is 10.5. The number of nitrogens with zero attached hydrogens (tertiary/aromatic N) is 2. The molecule has 1 saturated heterocycles. The van der Waals surface area contributed by atoms with Gasteiger partial charge in [0.05, 0.1) is 5.69 Å². The number of rotatable bonds is 2. The number of carbonyl (C=O) groups excluding carboxylic acids is 2. The Hall–Kier alpha value is -2.95. The third-order valence-corrected chi connectivity index (χ3v) is 2.91. The second kappa shape index (κ2) is 4.97. The van der Waals surface area contributed by atoms with Gasteiger partial charge in [-0.3, -0.25) is 9.78 Å². The molecule has 1 fully saturated rings. The van der Waals surface area contributed by atoms with E-state index >= 15 is 0 Å². The van der Waals surface area contributed by atoms with Crippen molar-refractivity contribution >= 4 is 23.7 Å². The summed E-state index contributed by atoms with van der Waals surface area (Å²) in [5.74, 6) is -0.363. The van der Waals surface area contributed by atoms with Crippen molar-refractivity contribution in [2.24, 2.45) is 0 Å². The molecule has 2 heterocycles. The fourth-order valence-electron chi connectivity index (χ4n) is 1.97. The van der Waals surface area contributed by atoms with Crippen LogP contribution in [0.15, 0.2) is 60.6 Å². The van der Waals surface area contributed by atoms with E-state index in [0.29, 0.717) is 5.69 Å². The van der Waals surface area contributed by atoms with E-state index in [9.17, 15) is 9.59 Å². The molecule has 5 nitrogen and oxygen atoms in total. The van der Waals surface area contributed by atoms with Gasteiger partial charge in [-0.1, -0.05) is 18.2 Å². The van der Waals surface area contributed by atoms with Gasteiger partial charge in [0, 0.05) is 12.4 Å². The van der Waals surface area contributed by atoms with Crippen LogP contribution in [0.1, 0.15) is 5.56 Å². The van der Waals surface area contributed by atoms with Crippen molar-refractivity contribution in [2.75, 3.05) is 4.90 Å². The van der Waals surface area contributed by atoms with E-state index in [4.69, 9.17) is 0 Å². The summed E-state index contributed by atoms with van der Waals surface area (Å²) in [5.41, 5.74) is 1.61. The van der Waals surface area contributed by atoms with Gasteiger partial charge in [-0.15, -0.1) is 0 Å². The SMILES string of the molecule is O=C1NC(=Cc2ccncc2)C(=O)N1c1ccccc1. The molecule has 3 amide bonds. The molecule has 1 aromatic heterocycles. The maximum atomic E-state index is 12.3. The van der Waals surface area contributed by atoms with Crippen molar-refractivity contribution in [2.45, 2.75) is 0 Å². The number of hydrogen-bond acceptors (Lipinski definition) is 3. The van der Waals surface area contributed by atoms with Crippen LogP contribution in [-0.2, 0) is 4.79 Å². The monoisotopic (exact) mass is 265 g/mol. The molecule has 20 heavy (non-hydrogen) atoms. The van der Waals surface area contributed by atoms with Gasteiger partial charge in [-0.05, 0) is 35.9 Å². The van der Waals surface area contributed by atoms with E-state index in [0.717, 1.165) is 10.5 Å². The van der Waals surface area contributed by atoms with Crippen LogP contribution in [-0.4, -0.2) is 16.9 Å². The number of imide groups is 1. The molecular weight excluding hydrogens is 254 g/mol. The summed E-state index contributed by atoms with van der Waals surface area (Å²) in [6, 6.07) is 11.9. The molecule has 5 heteroatoms.